The van der Waals surface area contributed by atoms with Gasteiger partial charge >= 0.3 is 5.97 Å². The van der Waals surface area contributed by atoms with Crippen LogP contribution in [0.15, 0.2) is 12.3 Å². The van der Waals surface area contributed by atoms with Crippen LogP contribution in [-0.2, 0) is 9.47 Å². The Morgan fingerprint density at radius 3 is 2.90 bits per heavy atom. The summed E-state index contributed by atoms with van der Waals surface area (Å²) in [5, 5.41) is 11.6. The second-order valence-corrected chi connectivity index (χ2v) is 4.07. The Bertz CT molecular complexity index is 429. The van der Waals surface area contributed by atoms with Gasteiger partial charge in [0.15, 0.2) is 11.6 Å². The maximum atomic E-state index is 13.7. The van der Waals surface area contributed by atoms with Crippen LogP contribution in [0.2, 0.25) is 0 Å². The van der Waals surface area contributed by atoms with Crippen LogP contribution in [0.3, 0.4) is 0 Å². The zero-order valence-electron chi connectivity index (χ0n) is 11.4. The fourth-order valence-corrected chi connectivity index (χ4v) is 1.51. The van der Waals surface area contributed by atoms with E-state index in [0.717, 1.165) is 18.9 Å². The number of ether oxygens (including phenoxy) is 2. The van der Waals surface area contributed by atoms with Crippen molar-refractivity contribution < 1.29 is 23.8 Å². The molecular formula is C13H19FN2O4. The largest absolute Gasteiger partial charge is 0.478 e. The van der Waals surface area contributed by atoms with Gasteiger partial charge in [0.05, 0.1) is 13.2 Å². The van der Waals surface area contributed by atoms with E-state index in [1.807, 2.05) is 0 Å². The summed E-state index contributed by atoms with van der Waals surface area (Å²) in [7, 11) is 1.61. The average molecular weight is 286 g/mol. The minimum atomic E-state index is -1.31. The van der Waals surface area contributed by atoms with Gasteiger partial charge in [0.2, 0.25) is 0 Å². The summed E-state index contributed by atoms with van der Waals surface area (Å²) in [5.41, 5.74) is -0.384. The van der Waals surface area contributed by atoms with E-state index >= 15 is 0 Å². The summed E-state index contributed by atoms with van der Waals surface area (Å²) in [6.45, 7) is 2.23. The zero-order valence-corrected chi connectivity index (χ0v) is 11.4. The topological polar surface area (TPSA) is 80.7 Å². The Labute approximate surface area is 116 Å². The van der Waals surface area contributed by atoms with Crippen molar-refractivity contribution in [2.45, 2.75) is 12.8 Å². The lowest BCUT2D eigenvalue weighted by Gasteiger charge is -2.08. The van der Waals surface area contributed by atoms with Gasteiger partial charge in [0.1, 0.15) is 5.56 Å². The molecule has 0 aliphatic carbocycles. The molecule has 0 spiro atoms. The molecule has 2 N–H and O–H groups in total. The molecule has 0 bridgehead atoms. The summed E-state index contributed by atoms with van der Waals surface area (Å²) >= 11 is 0. The first-order chi connectivity index (χ1) is 9.66. The Morgan fingerprint density at radius 2 is 2.20 bits per heavy atom. The Morgan fingerprint density at radius 1 is 1.40 bits per heavy atom. The first-order valence-corrected chi connectivity index (χ1v) is 6.35. The monoisotopic (exact) mass is 286 g/mol. The third-order valence-electron chi connectivity index (χ3n) is 2.56. The number of unbranched alkanes of at least 4 members (excludes halogenated alkanes) is 1. The molecule has 112 valence electrons. The summed E-state index contributed by atoms with van der Waals surface area (Å²) in [5.74, 6) is -2.18. The highest BCUT2D eigenvalue weighted by atomic mass is 19.1. The molecule has 1 heterocycles. The maximum Gasteiger partial charge on any atom is 0.338 e. The molecule has 0 saturated heterocycles. The van der Waals surface area contributed by atoms with Crippen LogP contribution in [0.5, 0.6) is 0 Å². The van der Waals surface area contributed by atoms with Gasteiger partial charge in [-0.25, -0.2) is 14.2 Å². The van der Waals surface area contributed by atoms with Crippen molar-refractivity contribution in [1.29, 1.82) is 0 Å². The van der Waals surface area contributed by atoms with Crippen molar-refractivity contribution >= 4 is 11.8 Å². The molecule has 0 unspecified atom stereocenters. The van der Waals surface area contributed by atoms with Gasteiger partial charge in [-0.1, -0.05) is 0 Å². The number of halogens is 1. The minimum Gasteiger partial charge on any atom is -0.478 e. The van der Waals surface area contributed by atoms with E-state index in [1.54, 1.807) is 7.11 Å². The van der Waals surface area contributed by atoms with Crippen molar-refractivity contribution in [1.82, 2.24) is 4.98 Å². The number of pyridine rings is 1. The van der Waals surface area contributed by atoms with Gasteiger partial charge in [-0.15, -0.1) is 0 Å². The first kappa shape index (κ1) is 16.3. The molecule has 1 aromatic rings. The summed E-state index contributed by atoms with van der Waals surface area (Å²) in [6, 6.07) is 1.13. The molecule has 0 amide bonds. The number of anilines is 1. The molecule has 1 aromatic heterocycles. The predicted octanol–water partition coefficient (Wildman–Crippen LogP) is 1.77. The molecule has 0 atom stereocenters. The van der Waals surface area contributed by atoms with Crippen LogP contribution in [0, 0.1) is 5.82 Å². The van der Waals surface area contributed by atoms with Crippen molar-refractivity contribution in [3.05, 3.63) is 23.6 Å². The third-order valence-corrected chi connectivity index (χ3v) is 2.56. The van der Waals surface area contributed by atoms with Gasteiger partial charge in [-0.05, 0) is 18.9 Å². The summed E-state index contributed by atoms with van der Waals surface area (Å²) in [4.78, 5) is 14.5. The quantitative estimate of drug-likeness (QED) is 0.638. The zero-order chi connectivity index (χ0) is 14.8. The second-order valence-electron chi connectivity index (χ2n) is 4.07. The molecule has 0 aliphatic heterocycles. The molecule has 0 aromatic carbocycles. The summed E-state index contributed by atoms with van der Waals surface area (Å²) < 4.78 is 23.8. The van der Waals surface area contributed by atoms with E-state index in [1.165, 1.54) is 6.20 Å². The van der Waals surface area contributed by atoms with Gasteiger partial charge in [0, 0.05) is 26.5 Å². The van der Waals surface area contributed by atoms with Gasteiger partial charge in [-0.3, -0.25) is 0 Å². The van der Waals surface area contributed by atoms with Crippen molar-refractivity contribution in [3.63, 3.8) is 0 Å². The molecule has 0 aliphatic rings. The van der Waals surface area contributed by atoms with Gasteiger partial charge in [0.25, 0.3) is 0 Å². The smallest absolute Gasteiger partial charge is 0.338 e. The lowest BCUT2D eigenvalue weighted by atomic mass is 10.2. The average Bonchev–Trinajstić information content (AvgIpc) is 2.43. The van der Waals surface area contributed by atoms with Crippen LogP contribution in [0.4, 0.5) is 10.2 Å². The maximum absolute atomic E-state index is 13.7. The van der Waals surface area contributed by atoms with Crippen molar-refractivity contribution in [2.24, 2.45) is 0 Å². The molecule has 0 radical (unpaired) electrons. The number of nitrogens with zero attached hydrogens (tertiary/aromatic N) is 1. The fraction of sp³-hybridized carbons (Fsp3) is 0.538. The van der Waals surface area contributed by atoms with E-state index in [0.29, 0.717) is 26.4 Å². The normalized spacial score (nSPS) is 10.5. The SMILES string of the molecule is COCCOCCCCNc1nccc(C(=O)O)c1F. The van der Waals surface area contributed by atoms with E-state index in [2.05, 4.69) is 10.3 Å². The van der Waals surface area contributed by atoms with E-state index in [-0.39, 0.29) is 11.4 Å². The lowest BCUT2D eigenvalue weighted by molar-refractivity contribution is 0.0691. The number of aromatic carboxylic acids is 1. The van der Waals surface area contributed by atoms with Crippen LogP contribution in [0.1, 0.15) is 23.2 Å². The molecule has 6 nitrogen and oxygen atoms in total. The molecular weight excluding hydrogens is 267 g/mol. The highest BCUT2D eigenvalue weighted by Crippen LogP contribution is 2.14. The van der Waals surface area contributed by atoms with E-state index in [9.17, 15) is 9.18 Å². The fourth-order valence-electron chi connectivity index (χ4n) is 1.51. The molecule has 0 saturated carbocycles. The Kier molecular flexibility index (Phi) is 7.52. The van der Waals surface area contributed by atoms with E-state index in [4.69, 9.17) is 14.6 Å². The van der Waals surface area contributed by atoms with Crippen LogP contribution >= 0.6 is 0 Å². The molecule has 20 heavy (non-hydrogen) atoms. The van der Waals surface area contributed by atoms with Crippen LogP contribution < -0.4 is 5.32 Å². The first-order valence-electron chi connectivity index (χ1n) is 6.35. The number of rotatable bonds is 10. The number of carboxylic acid groups (broad SMARTS) is 1. The van der Waals surface area contributed by atoms with Gasteiger partial charge in [-0.2, -0.15) is 0 Å². The number of nitrogens with one attached hydrogen (secondary N) is 1. The number of carboxylic acids is 1. The van der Waals surface area contributed by atoms with E-state index < -0.39 is 11.8 Å². The standard InChI is InChI=1S/C13H19FN2O4/c1-19-8-9-20-7-3-2-5-15-12-11(14)10(13(17)18)4-6-16-12/h4,6H,2-3,5,7-9H2,1H3,(H,15,16)(H,17,18). The number of methoxy groups -OCH3 is 1. The molecule has 0 fully saturated rings. The highest BCUT2D eigenvalue weighted by molar-refractivity contribution is 5.88. The van der Waals surface area contributed by atoms with Crippen molar-refractivity contribution in [3.8, 4) is 0 Å². The van der Waals surface area contributed by atoms with Crippen molar-refractivity contribution in [2.75, 3.05) is 38.8 Å². The van der Waals surface area contributed by atoms with Crippen LogP contribution in [0.25, 0.3) is 0 Å². The Hall–Kier alpha value is -1.73. The minimum absolute atomic E-state index is 0.0369. The second kappa shape index (κ2) is 9.22. The number of aromatic nitrogens is 1. The number of hydrogen-bond acceptors (Lipinski definition) is 5. The predicted molar refractivity (Wildman–Crippen MR) is 71.6 cm³/mol. The van der Waals surface area contributed by atoms with Crippen LogP contribution in [-0.4, -0.2) is 49.5 Å². The van der Waals surface area contributed by atoms with Gasteiger partial charge < -0.3 is 19.9 Å². The molecule has 1 rings (SSSR count). The third kappa shape index (κ3) is 5.50. The number of carbonyl (C=O) groups is 1. The highest BCUT2D eigenvalue weighted by Gasteiger charge is 2.14. The lowest BCUT2D eigenvalue weighted by Crippen LogP contribution is -2.10. The molecule has 7 heteroatoms. The summed E-state index contributed by atoms with van der Waals surface area (Å²) in [6.07, 6.45) is 2.85. The number of hydrogen-bond donors (Lipinski definition) is 2. The Balaban J connectivity index is 2.25.